The third-order valence-electron chi connectivity index (χ3n) is 5.01. The van der Waals surface area contributed by atoms with E-state index in [0.29, 0.717) is 23.3 Å². The van der Waals surface area contributed by atoms with Crippen LogP contribution in [0.15, 0.2) is 58.7 Å². The van der Waals surface area contributed by atoms with Crippen LogP contribution in [0.2, 0.25) is 0 Å². The van der Waals surface area contributed by atoms with Gasteiger partial charge in [0, 0.05) is 5.75 Å². The maximum Gasteiger partial charge on any atom is 0.314 e. The Bertz CT molecular complexity index is 910. The lowest BCUT2D eigenvalue weighted by Gasteiger charge is -2.20. The molecule has 6 nitrogen and oxygen atoms in total. The quantitative estimate of drug-likeness (QED) is 0.202. The number of carbonyl (C=O) groups is 1. The second-order valence-corrected chi connectivity index (χ2v) is 8.35. The monoisotopic (exact) mass is 439 g/mol. The lowest BCUT2D eigenvalue weighted by Crippen LogP contribution is -2.23. The second kappa shape index (κ2) is 12.2. The maximum atomic E-state index is 12.5. The van der Waals surface area contributed by atoms with Gasteiger partial charge in [0.1, 0.15) is 0 Å². The van der Waals surface area contributed by atoms with E-state index in [2.05, 4.69) is 10.2 Å². The van der Waals surface area contributed by atoms with E-state index in [1.807, 2.05) is 43.3 Å². The molecule has 0 aromatic heterocycles. The summed E-state index contributed by atoms with van der Waals surface area (Å²) in [5.74, 6) is 1.51. The molecular weight excluding hydrogens is 410 g/mol. The minimum atomic E-state index is -0.171. The summed E-state index contributed by atoms with van der Waals surface area (Å²) in [5, 5.41) is 8.51. The van der Waals surface area contributed by atoms with Crippen LogP contribution in [0, 0.1) is 5.92 Å². The predicted octanol–water partition coefficient (Wildman–Crippen LogP) is 5.15. The fraction of sp³-hybridized carbons (Fsp3) is 0.375. The molecule has 31 heavy (non-hydrogen) atoms. The Morgan fingerprint density at radius 3 is 2.65 bits per heavy atom. The first-order chi connectivity index (χ1) is 15.2. The van der Waals surface area contributed by atoms with Gasteiger partial charge in [-0.3, -0.25) is 4.79 Å². The van der Waals surface area contributed by atoms with E-state index in [9.17, 15) is 4.79 Å². The zero-order chi connectivity index (χ0) is 21.9. The highest BCUT2D eigenvalue weighted by Gasteiger charge is 2.24. The second-order valence-electron chi connectivity index (χ2n) is 7.35. The molecule has 2 aromatic carbocycles. The van der Waals surface area contributed by atoms with Crippen LogP contribution in [-0.4, -0.2) is 24.0 Å². The van der Waals surface area contributed by atoms with Gasteiger partial charge in [-0.2, -0.15) is 5.10 Å². The summed E-state index contributed by atoms with van der Waals surface area (Å²) in [6.07, 6.45) is 6.76. The predicted molar refractivity (Wildman–Crippen MR) is 127 cm³/mol. The van der Waals surface area contributed by atoms with Gasteiger partial charge in [0.25, 0.3) is 0 Å². The molecule has 7 heteroatoms. The van der Waals surface area contributed by atoms with E-state index in [0.717, 1.165) is 37.0 Å². The van der Waals surface area contributed by atoms with E-state index in [-0.39, 0.29) is 11.9 Å². The summed E-state index contributed by atoms with van der Waals surface area (Å²) in [7, 11) is 0. The number of rotatable bonds is 8. The van der Waals surface area contributed by atoms with Crippen molar-refractivity contribution in [3.63, 3.8) is 0 Å². The van der Waals surface area contributed by atoms with Crippen LogP contribution in [0.3, 0.4) is 0 Å². The van der Waals surface area contributed by atoms with E-state index in [1.54, 1.807) is 18.3 Å². The van der Waals surface area contributed by atoms with Gasteiger partial charge in [0.15, 0.2) is 16.7 Å². The number of amidine groups is 1. The van der Waals surface area contributed by atoms with Gasteiger partial charge in [-0.1, -0.05) is 61.4 Å². The molecule has 2 aromatic rings. The first-order valence-electron chi connectivity index (χ1n) is 10.7. The molecule has 3 rings (SSSR count). The first-order valence-corrected chi connectivity index (χ1v) is 11.7. The summed E-state index contributed by atoms with van der Waals surface area (Å²) in [6.45, 7) is 2.36. The van der Waals surface area contributed by atoms with Gasteiger partial charge < -0.3 is 15.2 Å². The molecule has 1 fully saturated rings. The molecule has 2 N–H and O–H groups in total. The highest BCUT2D eigenvalue weighted by molar-refractivity contribution is 8.13. The first kappa shape index (κ1) is 22.9. The van der Waals surface area contributed by atoms with Crippen molar-refractivity contribution in [1.29, 1.82) is 0 Å². The van der Waals surface area contributed by atoms with Crippen LogP contribution >= 0.6 is 11.8 Å². The Labute approximate surface area is 187 Å². The van der Waals surface area contributed by atoms with Crippen LogP contribution in [0.1, 0.15) is 50.2 Å². The molecule has 0 atom stereocenters. The van der Waals surface area contributed by atoms with E-state index in [4.69, 9.17) is 15.2 Å². The van der Waals surface area contributed by atoms with Crippen molar-refractivity contribution in [2.45, 2.75) is 44.8 Å². The van der Waals surface area contributed by atoms with Crippen molar-refractivity contribution in [1.82, 2.24) is 0 Å². The van der Waals surface area contributed by atoms with Gasteiger partial charge in [-0.25, -0.2) is 0 Å². The molecule has 0 bridgehead atoms. The van der Waals surface area contributed by atoms with Crippen LogP contribution in [-0.2, 0) is 10.5 Å². The number of hydrogen-bond acceptors (Lipinski definition) is 6. The van der Waals surface area contributed by atoms with Gasteiger partial charge in [0.05, 0.1) is 18.7 Å². The zero-order valence-corrected chi connectivity index (χ0v) is 18.6. The molecule has 1 aliphatic carbocycles. The molecule has 164 valence electrons. The summed E-state index contributed by atoms with van der Waals surface area (Å²) < 4.78 is 11.3. The minimum absolute atomic E-state index is 0.0184. The van der Waals surface area contributed by atoms with Crippen LogP contribution in [0.5, 0.6) is 11.5 Å². The number of ether oxygens (including phenoxy) is 2. The molecule has 1 saturated carbocycles. The Morgan fingerprint density at radius 2 is 1.90 bits per heavy atom. The number of esters is 1. The molecular formula is C24H29N3O3S. The van der Waals surface area contributed by atoms with Gasteiger partial charge >= 0.3 is 5.97 Å². The summed E-state index contributed by atoms with van der Waals surface area (Å²) >= 11 is 1.43. The van der Waals surface area contributed by atoms with Crippen LogP contribution in [0.25, 0.3) is 0 Å². The zero-order valence-electron chi connectivity index (χ0n) is 17.8. The van der Waals surface area contributed by atoms with Gasteiger partial charge in [0.2, 0.25) is 0 Å². The molecule has 0 heterocycles. The molecule has 0 saturated heterocycles. The number of hydrogen-bond donors (Lipinski definition) is 1. The van der Waals surface area contributed by atoms with E-state index < -0.39 is 0 Å². The van der Waals surface area contributed by atoms with E-state index >= 15 is 0 Å². The minimum Gasteiger partial charge on any atom is -0.490 e. The third-order valence-corrected chi connectivity index (χ3v) is 5.86. The van der Waals surface area contributed by atoms with Crippen LogP contribution < -0.4 is 15.2 Å². The van der Waals surface area contributed by atoms with Crippen molar-refractivity contribution >= 4 is 29.1 Å². The lowest BCUT2D eigenvalue weighted by atomic mass is 9.89. The number of nitrogens with zero attached hydrogens (tertiary/aromatic N) is 2. The smallest absolute Gasteiger partial charge is 0.314 e. The number of benzene rings is 2. The van der Waals surface area contributed by atoms with Crippen molar-refractivity contribution in [3.05, 3.63) is 59.7 Å². The maximum absolute atomic E-state index is 12.5. The molecule has 0 radical (unpaired) electrons. The summed E-state index contributed by atoms with van der Waals surface area (Å²) in [6, 6.07) is 15.4. The van der Waals surface area contributed by atoms with Gasteiger partial charge in [-0.15, -0.1) is 5.10 Å². The van der Waals surface area contributed by atoms with Crippen molar-refractivity contribution < 1.29 is 14.3 Å². The number of nitrogens with two attached hydrogens (primary N) is 1. The highest BCUT2D eigenvalue weighted by Crippen LogP contribution is 2.31. The highest BCUT2D eigenvalue weighted by atomic mass is 32.2. The number of thioether (sulfide) groups is 1. The van der Waals surface area contributed by atoms with Crippen molar-refractivity contribution in [2.24, 2.45) is 21.9 Å². The van der Waals surface area contributed by atoms with Crippen LogP contribution in [0.4, 0.5) is 0 Å². The fourth-order valence-corrected chi connectivity index (χ4v) is 4.01. The topological polar surface area (TPSA) is 86.3 Å². The average molecular weight is 440 g/mol. The SMILES string of the molecule is CCOc1cc(C=NN=C(N)SCc2ccccc2)ccc1OC(=O)C1CCCCC1. The summed E-state index contributed by atoms with van der Waals surface area (Å²) in [5.41, 5.74) is 7.89. The molecule has 0 spiro atoms. The number of carbonyl (C=O) groups excluding carboxylic acids is 1. The largest absolute Gasteiger partial charge is 0.490 e. The van der Waals surface area contributed by atoms with Gasteiger partial charge in [-0.05, 0) is 49.1 Å². The van der Waals surface area contributed by atoms with Crippen molar-refractivity contribution in [2.75, 3.05) is 6.61 Å². The Morgan fingerprint density at radius 1 is 1.13 bits per heavy atom. The normalized spacial score (nSPS) is 15.2. The molecule has 0 unspecified atom stereocenters. The molecule has 0 aliphatic heterocycles. The van der Waals surface area contributed by atoms with E-state index in [1.165, 1.54) is 23.7 Å². The average Bonchev–Trinajstić information content (AvgIpc) is 2.80. The summed E-state index contributed by atoms with van der Waals surface area (Å²) in [4.78, 5) is 12.5. The lowest BCUT2D eigenvalue weighted by molar-refractivity contribution is -0.140. The Balaban J connectivity index is 1.60. The standard InChI is InChI=1S/C24H29N3O3S/c1-2-29-22-15-19(13-14-21(22)30-23(28)20-11-7-4-8-12-20)16-26-27-24(25)31-17-18-9-5-3-6-10-18/h3,5-6,9-10,13-16,20H,2,4,7-8,11-12,17H2,1H3,(H2,25,27). The third kappa shape index (κ3) is 7.43. The molecule has 1 aliphatic rings. The Hall–Kier alpha value is -2.80. The fourth-order valence-electron chi connectivity index (χ4n) is 3.40. The Kier molecular flexibility index (Phi) is 8.97. The molecule has 0 amide bonds. The van der Waals surface area contributed by atoms with Crippen molar-refractivity contribution in [3.8, 4) is 11.5 Å².